The average molecular weight is 448 g/mol. The van der Waals surface area contributed by atoms with Crippen molar-refractivity contribution in [3.05, 3.63) is 85.2 Å². The van der Waals surface area contributed by atoms with Crippen LogP contribution < -0.4 is 5.56 Å². The summed E-state index contributed by atoms with van der Waals surface area (Å²) in [5.74, 6) is -0.102. The van der Waals surface area contributed by atoms with E-state index in [4.69, 9.17) is 4.42 Å². The minimum absolute atomic E-state index is 0.0693. The molecule has 0 radical (unpaired) electrons. The van der Waals surface area contributed by atoms with Gasteiger partial charge in [0.15, 0.2) is 0 Å². The van der Waals surface area contributed by atoms with Crippen LogP contribution in [0.4, 0.5) is 0 Å². The molecule has 5 aromatic rings. The van der Waals surface area contributed by atoms with Crippen LogP contribution in [0.15, 0.2) is 68.8 Å². The first-order valence-corrected chi connectivity index (χ1v) is 11.7. The van der Waals surface area contributed by atoms with Gasteiger partial charge in [-0.05, 0) is 47.0 Å². The Kier molecular flexibility index (Phi) is 4.29. The van der Waals surface area contributed by atoms with Crippen molar-refractivity contribution in [2.75, 3.05) is 6.54 Å². The van der Waals surface area contributed by atoms with Gasteiger partial charge in [-0.15, -0.1) is 22.7 Å². The molecule has 1 unspecified atom stereocenters. The fourth-order valence-electron chi connectivity index (χ4n) is 4.30. The predicted molar refractivity (Wildman–Crippen MR) is 122 cm³/mol. The van der Waals surface area contributed by atoms with Crippen LogP contribution in [0.5, 0.6) is 0 Å². The van der Waals surface area contributed by atoms with Gasteiger partial charge in [0.1, 0.15) is 17.6 Å². The van der Waals surface area contributed by atoms with Crippen LogP contribution >= 0.6 is 22.7 Å². The largest absolute Gasteiger partial charge is 0.448 e. The first kappa shape index (κ1) is 18.5. The summed E-state index contributed by atoms with van der Waals surface area (Å²) in [4.78, 5) is 35.2. The van der Waals surface area contributed by atoms with Gasteiger partial charge in [-0.1, -0.05) is 18.2 Å². The lowest BCUT2D eigenvalue weighted by molar-refractivity contribution is -0.133. The number of rotatable bonds is 3. The Hall–Kier alpha value is -3.23. The number of amides is 1. The van der Waals surface area contributed by atoms with E-state index in [1.54, 1.807) is 22.7 Å². The number of fused-ring (bicyclic) bond motifs is 4. The molecule has 5 heterocycles. The van der Waals surface area contributed by atoms with Gasteiger partial charge in [0, 0.05) is 21.7 Å². The van der Waals surface area contributed by atoms with Crippen LogP contribution in [0.25, 0.3) is 22.1 Å². The molecule has 1 aliphatic heterocycles. The summed E-state index contributed by atoms with van der Waals surface area (Å²) in [7, 11) is 0. The van der Waals surface area contributed by atoms with Gasteiger partial charge in [-0.2, -0.15) is 0 Å². The number of nitrogens with zero attached hydrogens (tertiary/aromatic N) is 3. The van der Waals surface area contributed by atoms with E-state index in [-0.39, 0.29) is 29.6 Å². The van der Waals surface area contributed by atoms with Crippen molar-refractivity contribution in [2.45, 2.75) is 19.0 Å². The minimum atomic E-state index is -0.338. The first-order chi connectivity index (χ1) is 15.2. The number of aromatic nitrogens is 2. The SMILES string of the molecule is O=C(Cn1cnc2c(oc3ccccc32)c1=O)N1CCc2sccc2C1c1cccs1. The maximum atomic E-state index is 13.4. The molecule has 1 aliphatic rings. The van der Waals surface area contributed by atoms with Crippen LogP contribution in [0.3, 0.4) is 0 Å². The monoisotopic (exact) mass is 447 g/mol. The third-order valence-corrected chi connectivity index (χ3v) is 7.68. The zero-order valence-electron chi connectivity index (χ0n) is 16.4. The Morgan fingerprint density at radius 3 is 2.90 bits per heavy atom. The number of carbonyl (C=O) groups is 1. The molecule has 0 aliphatic carbocycles. The molecule has 4 aromatic heterocycles. The van der Waals surface area contributed by atoms with Gasteiger partial charge in [-0.25, -0.2) is 4.98 Å². The van der Waals surface area contributed by atoms with Crippen LogP contribution in [0, 0.1) is 0 Å². The zero-order valence-corrected chi connectivity index (χ0v) is 18.0. The second kappa shape index (κ2) is 7.18. The Balaban J connectivity index is 1.37. The van der Waals surface area contributed by atoms with Gasteiger partial charge in [0.25, 0.3) is 5.56 Å². The average Bonchev–Trinajstić information content (AvgIpc) is 3.54. The molecule has 1 atom stereocenters. The van der Waals surface area contributed by atoms with Crippen molar-refractivity contribution >= 4 is 50.6 Å². The smallest absolute Gasteiger partial charge is 0.297 e. The summed E-state index contributed by atoms with van der Waals surface area (Å²) in [5.41, 5.74) is 2.18. The highest BCUT2D eigenvalue weighted by Crippen LogP contribution is 2.39. The lowest BCUT2D eigenvalue weighted by Gasteiger charge is -2.35. The number of carbonyl (C=O) groups excluding carboxylic acids is 1. The van der Waals surface area contributed by atoms with E-state index < -0.39 is 0 Å². The molecule has 1 aromatic carbocycles. The van der Waals surface area contributed by atoms with E-state index in [0.29, 0.717) is 17.6 Å². The van der Waals surface area contributed by atoms with E-state index in [1.165, 1.54) is 21.3 Å². The normalized spacial score (nSPS) is 16.1. The number of hydrogen-bond acceptors (Lipinski definition) is 6. The van der Waals surface area contributed by atoms with Crippen molar-refractivity contribution in [1.82, 2.24) is 14.5 Å². The second-order valence-electron chi connectivity index (χ2n) is 7.51. The van der Waals surface area contributed by atoms with Crippen molar-refractivity contribution in [1.29, 1.82) is 0 Å². The minimum Gasteiger partial charge on any atom is -0.448 e. The zero-order chi connectivity index (χ0) is 20.9. The highest BCUT2D eigenvalue weighted by Gasteiger charge is 2.33. The molecule has 8 heteroatoms. The quantitative estimate of drug-likeness (QED) is 0.410. The number of hydrogen-bond donors (Lipinski definition) is 0. The number of furan rings is 1. The van der Waals surface area contributed by atoms with Gasteiger partial charge < -0.3 is 9.32 Å². The fourth-order valence-corrected chi connectivity index (χ4v) is 6.06. The van der Waals surface area contributed by atoms with Crippen LogP contribution in [0.2, 0.25) is 0 Å². The maximum absolute atomic E-state index is 13.4. The Labute approximate surface area is 185 Å². The van der Waals surface area contributed by atoms with E-state index in [9.17, 15) is 9.59 Å². The number of benzene rings is 1. The molecule has 154 valence electrons. The summed E-state index contributed by atoms with van der Waals surface area (Å²) in [6.45, 7) is 0.560. The standard InChI is InChI=1S/C23H17N3O3S2/c27-19(26-9-7-17-15(8-11-31-17)21(26)18-6-3-10-30-18)12-25-13-24-20-14-4-1-2-5-16(14)29-22(20)23(25)28/h1-6,8,10-11,13,21H,7,9,12H2. The van der Waals surface area contributed by atoms with Crippen molar-refractivity contribution in [3.63, 3.8) is 0 Å². The Bertz CT molecular complexity index is 1480. The molecule has 0 saturated carbocycles. The van der Waals surface area contributed by atoms with Crippen molar-refractivity contribution in [2.24, 2.45) is 0 Å². The molecule has 6 nitrogen and oxygen atoms in total. The molecule has 0 N–H and O–H groups in total. The molecular weight excluding hydrogens is 430 g/mol. The van der Waals surface area contributed by atoms with E-state index in [1.807, 2.05) is 40.6 Å². The van der Waals surface area contributed by atoms with Gasteiger partial charge in [0.2, 0.25) is 11.5 Å². The molecule has 6 rings (SSSR count). The Morgan fingerprint density at radius 2 is 2.03 bits per heavy atom. The summed E-state index contributed by atoms with van der Waals surface area (Å²) >= 11 is 3.39. The van der Waals surface area contributed by atoms with Crippen molar-refractivity contribution in [3.8, 4) is 0 Å². The van der Waals surface area contributed by atoms with Crippen LogP contribution in [0.1, 0.15) is 21.4 Å². The second-order valence-corrected chi connectivity index (χ2v) is 9.49. The van der Waals surface area contributed by atoms with Crippen molar-refractivity contribution < 1.29 is 9.21 Å². The third kappa shape index (κ3) is 2.94. The molecule has 0 saturated heterocycles. The topological polar surface area (TPSA) is 68.3 Å². The summed E-state index contributed by atoms with van der Waals surface area (Å²) in [5, 5.41) is 4.91. The maximum Gasteiger partial charge on any atom is 0.297 e. The first-order valence-electron chi connectivity index (χ1n) is 9.96. The van der Waals surface area contributed by atoms with E-state index in [2.05, 4.69) is 22.5 Å². The fraction of sp³-hybridized carbons (Fsp3) is 0.174. The molecule has 1 amide bonds. The highest BCUT2D eigenvalue weighted by molar-refractivity contribution is 7.10. The third-order valence-electron chi connectivity index (χ3n) is 5.76. The summed E-state index contributed by atoms with van der Waals surface area (Å²) in [6, 6.07) is 13.5. The molecule has 0 fully saturated rings. The van der Waals surface area contributed by atoms with Gasteiger partial charge in [0.05, 0.1) is 12.4 Å². The summed E-state index contributed by atoms with van der Waals surface area (Å²) < 4.78 is 7.10. The number of para-hydroxylation sites is 1. The van der Waals surface area contributed by atoms with Crippen LogP contribution in [-0.4, -0.2) is 26.9 Å². The molecule has 0 bridgehead atoms. The van der Waals surface area contributed by atoms with Gasteiger partial charge in [-0.3, -0.25) is 14.2 Å². The lowest BCUT2D eigenvalue weighted by Crippen LogP contribution is -2.42. The van der Waals surface area contributed by atoms with E-state index >= 15 is 0 Å². The predicted octanol–water partition coefficient (Wildman–Crippen LogP) is 4.44. The Morgan fingerprint density at radius 1 is 1.13 bits per heavy atom. The summed E-state index contributed by atoms with van der Waals surface area (Å²) in [6.07, 6.45) is 2.28. The lowest BCUT2D eigenvalue weighted by atomic mass is 9.98. The molecular formula is C23H17N3O3S2. The number of thiophene rings is 2. The van der Waals surface area contributed by atoms with E-state index in [0.717, 1.165) is 16.7 Å². The molecule has 31 heavy (non-hydrogen) atoms. The highest BCUT2D eigenvalue weighted by atomic mass is 32.1. The van der Waals surface area contributed by atoms with Crippen LogP contribution in [-0.2, 0) is 17.8 Å². The molecule has 0 spiro atoms. The van der Waals surface area contributed by atoms with Gasteiger partial charge >= 0.3 is 0 Å².